The van der Waals surface area contributed by atoms with Gasteiger partial charge in [0, 0.05) is 35.6 Å². The van der Waals surface area contributed by atoms with Gasteiger partial charge in [-0.1, -0.05) is 24.8 Å². The lowest BCUT2D eigenvalue weighted by molar-refractivity contribution is -0.149. The number of nitrogens with one attached hydrogen (secondary N) is 1. The van der Waals surface area contributed by atoms with Gasteiger partial charge in [-0.3, -0.25) is 9.69 Å². The first-order valence-corrected chi connectivity index (χ1v) is 9.09. The number of H-pyrrole nitrogens is 1. The number of ether oxygens (including phenoxy) is 1. The molecule has 5 heteroatoms. The highest BCUT2D eigenvalue weighted by Gasteiger charge is 2.42. The molecule has 2 N–H and O–H groups in total. The summed E-state index contributed by atoms with van der Waals surface area (Å²) in [4.78, 5) is 18.2. The van der Waals surface area contributed by atoms with E-state index in [2.05, 4.69) is 40.4 Å². The van der Waals surface area contributed by atoms with Crippen LogP contribution < -0.4 is 0 Å². The highest BCUT2D eigenvalue weighted by Crippen LogP contribution is 2.44. The van der Waals surface area contributed by atoms with Crippen LogP contribution in [0.15, 0.2) is 42.1 Å². The topological polar surface area (TPSA) is 65.6 Å². The fraction of sp³-hybridized carbons (Fsp3) is 0.429. The maximum absolute atomic E-state index is 12.2. The van der Waals surface area contributed by atoms with Crippen molar-refractivity contribution in [3.63, 3.8) is 0 Å². The van der Waals surface area contributed by atoms with E-state index in [1.54, 1.807) is 0 Å². The minimum atomic E-state index is -0.568. The first-order valence-electron chi connectivity index (χ1n) is 9.09. The summed E-state index contributed by atoms with van der Waals surface area (Å²) in [6, 6.07) is 8.60. The zero-order valence-electron chi connectivity index (χ0n) is 15.0. The van der Waals surface area contributed by atoms with E-state index in [1.165, 1.54) is 23.8 Å². The number of esters is 1. The van der Waals surface area contributed by atoms with Crippen molar-refractivity contribution in [1.29, 1.82) is 0 Å². The molecule has 3 unspecified atom stereocenters. The third-order valence-corrected chi connectivity index (χ3v) is 5.98. The number of hydrogen-bond donors (Lipinski definition) is 2. The van der Waals surface area contributed by atoms with Crippen LogP contribution in [0.3, 0.4) is 0 Å². The number of benzene rings is 1. The summed E-state index contributed by atoms with van der Waals surface area (Å²) in [5.74, 6) is -1.05. The molecule has 1 fully saturated rings. The fourth-order valence-electron chi connectivity index (χ4n) is 4.66. The Hall–Kier alpha value is -2.33. The predicted octanol–water partition coefficient (Wildman–Crippen LogP) is 2.58. The smallest absolute Gasteiger partial charge is 0.311 e. The lowest BCUT2D eigenvalue weighted by Crippen LogP contribution is -2.45. The van der Waals surface area contributed by atoms with Crippen molar-refractivity contribution >= 4 is 16.9 Å². The number of carbonyl (C=O) groups excluding carboxylic acids is 1. The number of rotatable bonds is 3. The monoisotopic (exact) mass is 352 g/mol. The number of aliphatic hydroxyl groups excluding tert-OH is 1. The Morgan fingerprint density at radius 2 is 2.31 bits per heavy atom. The number of aliphatic hydroxyl groups is 1. The van der Waals surface area contributed by atoms with E-state index >= 15 is 0 Å². The Bertz CT molecular complexity index is 894. The molecule has 0 saturated carbocycles. The SMILES string of the molecule is C=C=C1CN2CCc3c([nH]c4ccccc34)C2CC1C(CO)C(=O)OC. The Kier molecular flexibility index (Phi) is 4.45. The first kappa shape index (κ1) is 17.1. The maximum atomic E-state index is 12.2. The van der Waals surface area contributed by atoms with Gasteiger partial charge in [0.15, 0.2) is 0 Å². The number of methoxy groups -OCH3 is 1. The molecule has 3 heterocycles. The van der Waals surface area contributed by atoms with Crippen LogP contribution >= 0.6 is 0 Å². The van der Waals surface area contributed by atoms with Crippen molar-refractivity contribution in [2.45, 2.75) is 18.9 Å². The number of hydrogen-bond acceptors (Lipinski definition) is 4. The largest absolute Gasteiger partial charge is 0.469 e. The Labute approximate surface area is 153 Å². The summed E-state index contributed by atoms with van der Waals surface area (Å²) in [5.41, 5.74) is 7.80. The molecule has 1 saturated heterocycles. The summed E-state index contributed by atoms with van der Waals surface area (Å²) in [6.07, 6.45) is 1.75. The van der Waals surface area contributed by atoms with Gasteiger partial charge >= 0.3 is 5.97 Å². The Morgan fingerprint density at radius 3 is 3.04 bits per heavy atom. The third-order valence-electron chi connectivity index (χ3n) is 5.98. The van der Waals surface area contributed by atoms with Crippen LogP contribution in [0.1, 0.15) is 23.7 Å². The zero-order chi connectivity index (χ0) is 18.3. The van der Waals surface area contributed by atoms with Gasteiger partial charge in [-0.2, -0.15) is 0 Å². The number of nitrogens with zero attached hydrogens (tertiary/aromatic N) is 1. The average Bonchev–Trinajstić information content (AvgIpc) is 3.07. The van der Waals surface area contributed by atoms with Crippen molar-refractivity contribution in [3.8, 4) is 0 Å². The summed E-state index contributed by atoms with van der Waals surface area (Å²) in [6.45, 7) is 5.29. The lowest BCUT2D eigenvalue weighted by Gasteiger charge is -2.44. The summed E-state index contributed by atoms with van der Waals surface area (Å²) in [5, 5.41) is 11.1. The number of fused-ring (bicyclic) bond motifs is 5. The molecule has 0 bridgehead atoms. The standard InChI is InChI=1S/C21H24N2O3/c1-3-13-11-23-9-8-15-14-6-4-5-7-18(14)22-20(15)19(23)10-16(13)17(12-24)21(25)26-2/h4-7,16-17,19,22,24H,1,8-12H2,2H3. The highest BCUT2D eigenvalue weighted by molar-refractivity contribution is 5.85. The molecule has 1 aromatic carbocycles. The van der Waals surface area contributed by atoms with E-state index in [1.807, 2.05) is 6.07 Å². The van der Waals surface area contributed by atoms with Crippen molar-refractivity contribution in [1.82, 2.24) is 9.88 Å². The second kappa shape index (κ2) is 6.76. The summed E-state index contributed by atoms with van der Waals surface area (Å²) in [7, 11) is 1.37. The van der Waals surface area contributed by atoms with E-state index in [4.69, 9.17) is 4.74 Å². The molecule has 0 aliphatic carbocycles. The van der Waals surface area contributed by atoms with Crippen LogP contribution in [-0.2, 0) is 16.0 Å². The molecular formula is C21H24N2O3. The van der Waals surface area contributed by atoms with Crippen molar-refractivity contribution in [2.24, 2.45) is 11.8 Å². The van der Waals surface area contributed by atoms with Gasteiger partial charge in [-0.25, -0.2) is 0 Å². The highest BCUT2D eigenvalue weighted by atomic mass is 16.5. The number of piperidine rings is 1. The molecule has 4 rings (SSSR count). The summed E-state index contributed by atoms with van der Waals surface area (Å²) >= 11 is 0. The number of carbonyl (C=O) groups is 1. The fourth-order valence-corrected chi connectivity index (χ4v) is 4.66. The van der Waals surface area contributed by atoms with E-state index in [0.29, 0.717) is 0 Å². The molecule has 0 amide bonds. The van der Waals surface area contributed by atoms with Gasteiger partial charge in [-0.05, 0) is 30.0 Å². The second-order valence-corrected chi connectivity index (χ2v) is 7.16. The van der Waals surface area contributed by atoms with Gasteiger partial charge in [-0.15, -0.1) is 5.73 Å². The molecule has 0 radical (unpaired) electrons. The lowest BCUT2D eigenvalue weighted by atomic mass is 9.76. The molecule has 3 atom stereocenters. The molecule has 2 aliphatic rings. The van der Waals surface area contributed by atoms with Crippen molar-refractivity contribution in [2.75, 3.05) is 26.8 Å². The van der Waals surface area contributed by atoms with E-state index in [9.17, 15) is 9.90 Å². The van der Waals surface area contributed by atoms with Crippen LogP contribution in [0, 0.1) is 11.8 Å². The van der Waals surface area contributed by atoms with Crippen LogP contribution in [0.4, 0.5) is 0 Å². The van der Waals surface area contributed by atoms with Gasteiger partial charge in [0.05, 0.1) is 25.7 Å². The molecule has 2 aromatic rings. The maximum Gasteiger partial charge on any atom is 0.311 e. The molecule has 0 spiro atoms. The van der Waals surface area contributed by atoms with Gasteiger partial charge in [0.25, 0.3) is 0 Å². The Balaban J connectivity index is 1.74. The molecule has 2 aliphatic heterocycles. The van der Waals surface area contributed by atoms with Crippen LogP contribution in [-0.4, -0.2) is 47.8 Å². The van der Waals surface area contributed by atoms with Gasteiger partial charge in [0.2, 0.25) is 0 Å². The first-order chi connectivity index (χ1) is 12.7. The van der Waals surface area contributed by atoms with E-state index in [-0.39, 0.29) is 24.5 Å². The Morgan fingerprint density at radius 1 is 1.50 bits per heavy atom. The van der Waals surface area contributed by atoms with Crippen LogP contribution in [0.2, 0.25) is 0 Å². The average molecular weight is 352 g/mol. The van der Waals surface area contributed by atoms with Gasteiger partial charge in [0.1, 0.15) is 0 Å². The predicted molar refractivity (Wildman–Crippen MR) is 99.7 cm³/mol. The normalized spacial score (nSPS) is 23.8. The molecule has 136 valence electrons. The van der Waals surface area contributed by atoms with Crippen LogP contribution in [0.5, 0.6) is 0 Å². The molecule has 26 heavy (non-hydrogen) atoms. The van der Waals surface area contributed by atoms with Gasteiger partial charge < -0.3 is 14.8 Å². The quantitative estimate of drug-likeness (QED) is 0.658. The zero-order valence-corrected chi connectivity index (χ0v) is 15.0. The van der Waals surface area contributed by atoms with Crippen molar-refractivity contribution in [3.05, 3.63) is 53.4 Å². The minimum Gasteiger partial charge on any atom is -0.469 e. The van der Waals surface area contributed by atoms with E-state index < -0.39 is 5.92 Å². The third kappa shape index (κ3) is 2.60. The molecule has 1 aromatic heterocycles. The minimum absolute atomic E-state index is 0.108. The number of aromatic amines is 1. The number of aromatic nitrogens is 1. The van der Waals surface area contributed by atoms with E-state index in [0.717, 1.165) is 37.0 Å². The number of para-hydroxylation sites is 1. The van der Waals surface area contributed by atoms with Crippen LogP contribution in [0.25, 0.3) is 10.9 Å². The molecular weight excluding hydrogens is 328 g/mol. The second-order valence-electron chi connectivity index (χ2n) is 7.16. The van der Waals surface area contributed by atoms with Crippen molar-refractivity contribution < 1.29 is 14.6 Å². The summed E-state index contributed by atoms with van der Waals surface area (Å²) < 4.78 is 4.92. The molecule has 5 nitrogen and oxygen atoms in total.